The molecule has 0 saturated carbocycles. The number of carbonyl (C=O) groups excluding carboxylic acids is 1. The zero-order valence-corrected chi connectivity index (χ0v) is 10.4. The zero-order valence-electron chi connectivity index (χ0n) is 9.56. The highest BCUT2D eigenvalue weighted by Crippen LogP contribution is 2.09. The van der Waals surface area contributed by atoms with Crippen molar-refractivity contribution in [1.29, 1.82) is 0 Å². The Morgan fingerprint density at radius 2 is 2.50 bits per heavy atom. The molecule has 0 spiro atoms. The number of hydrogen-bond acceptors (Lipinski definition) is 4. The van der Waals surface area contributed by atoms with Crippen molar-refractivity contribution in [3.8, 4) is 0 Å². The van der Waals surface area contributed by atoms with Crippen LogP contribution in [0.3, 0.4) is 0 Å². The second-order valence-corrected chi connectivity index (χ2v) is 4.64. The van der Waals surface area contributed by atoms with E-state index in [4.69, 9.17) is 5.73 Å². The van der Waals surface area contributed by atoms with Crippen molar-refractivity contribution in [2.24, 2.45) is 5.73 Å². The lowest BCUT2D eigenvalue weighted by Gasteiger charge is -2.16. The number of hydrogen-bond donors (Lipinski definition) is 3. The topological polar surface area (TPSA) is 83.8 Å². The molecule has 0 aliphatic rings. The third-order valence-electron chi connectivity index (χ3n) is 2.35. The maximum atomic E-state index is 11.7. The Bertz CT molecular complexity index is 315. The van der Waals surface area contributed by atoms with Crippen molar-refractivity contribution in [3.05, 3.63) is 18.0 Å². The predicted molar refractivity (Wildman–Crippen MR) is 66.1 cm³/mol. The molecule has 2 unspecified atom stereocenters. The minimum atomic E-state index is -0.429. The highest BCUT2D eigenvalue weighted by atomic mass is 32.2. The van der Waals surface area contributed by atoms with E-state index in [-0.39, 0.29) is 11.9 Å². The van der Waals surface area contributed by atoms with Crippen LogP contribution in [0.25, 0.3) is 0 Å². The molecule has 0 radical (unpaired) electrons. The van der Waals surface area contributed by atoms with Crippen molar-refractivity contribution in [2.75, 3.05) is 12.0 Å². The van der Waals surface area contributed by atoms with E-state index in [1.54, 1.807) is 24.2 Å². The highest BCUT2D eigenvalue weighted by molar-refractivity contribution is 7.98. The molecule has 4 N–H and O–H groups in total. The van der Waals surface area contributed by atoms with Crippen LogP contribution in [0.2, 0.25) is 0 Å². The van der Waals surface area contributed by atoms with E-state index in [9.17, 15) is 4.79 Å². The number of rotatable bonds is 6. The number of nitrogens with two attached hydrogens (primary N) is 1. The molecular weight excluding hydrogens is 224 g/mol. The van der Waals surface area contributed by atoms with Crippen LogP contribution in [-0.4, -0.2) is 34.2 Å². The van der Waals surface area contributed by atoms with Gasteiger partial charge in [0, 0.05) is 11.8 Å². The van der Waals surface area contributed by atoms with E-state index >= 15 is 0 Å². The summed E-state index contributed by atoms with van der Waals surface area (Å²) in [5, 5.41) is 9.40. The average Bonchev–Trinajstić information content (AvgIpc) is 2.79. The first kappa shape index (κ1) is 13.1. The van der Waals surface area contributed by atoms with Gasteiger partial charge in [-0.05, 0) is 25.4 Å². The Hall–Kier alpha value is -1.01. The molecule has 16 heavy (non-hydrogen) atoms. The molecule has 1 aromatic heterocycles. The van der Waals surface area contributed by atoms with Crippen LogP contribution in [0, 0.1) is 0 Å². The number of amides is 1. The number of H-pyrrole nitrogens is 1. The molecule has 5 nitrogen and oxygen atoms in total. The fourth-order valence-corrected chi connectivity index (χ4v) is 1.77. The molecule has 1 rings (SSSR count). The van der Waals surface area contributed by atoms with Crippen molar-refractivity contribution in [2.45, 2.75) is 25.4 Å². The van der Waals surface area contributed by atoms with Crippen molar-refractivity contribution >= 4 is 17.7 Å². The summed E-state index contributed by atoms with van der Waals surface area (Å²) in [5.41, 5.74) is 6.71. The molecule has 0 aliphatic heterocycles. The van der Waals surface area contributed by atoms with Gasteiger partial charge in [-0.2, -0.15) is 16.9 Å². The molecule has 1 amide bonds. The van der Waals surface area contributed by atoms with Gasteiger partial charge in [-0.3, -0.25) is 9.89 Å². The third-order valence-corrected chi connectivity index (χ3v) is 2.99. The lowest BCUT2D eigenvalue weighted by atomic mass is 10.1. The summed E-state index contributed by atoms with van der Waals surface area (Å²) in [4.78, 5) is 11.7. The molecule has 1 heterocycles. The first-order chi connectivity index (χ1) is 7.65. The van der Waals surface area contributed by atoms with Crippen LogP contribution in [0.5, 0.6) is 0 Å². The predicted octanol–water partition coefficient (Wildman–Crippen LogP) is 0.667. The second-order valence-electron chi connectivity index (χ2n) is 3.65. The van der Waals surface area contributed by atoms with Gasteiger partial charge in [0.2, 0.25) is 5.91 Å². The van der Waals surface area contributed by atoms with Gasteiger partial charge in [0.25, 0.3) is 0 Å². The first-order valence-electron chi connectivity index (χ1n) is 5.18. The molecule has 0 fully saturated rings. The van der Waals surface area contributed by atoms with Gasteiger partial charge in [0.15, 0.2) is 0 Å². The van der Waals surface area contributed by atoms with Crippen LogP contribution in [0.4, 0.5) is 0 Å². The monoisotopic (exact) mass is 242 g/mol. The summed E-state index contributed by atoms with van der Waals surface area (Å²) in [5.74, 6) is 0.789. The third kappa shape index (κ3) is 3.86. The number of carbonyl (C=O) groups is 1. The summed E-state index contributed by atoms with van der Waals surface area (Å²) in [6.45, 7) is 1.91. The van der Waals surface area contributed by atoms with Crippen molar-refractivity contribution in [3.63, 3.8) is 0 Å². The van der Waals surface area contributed by atoms with Crippen LogP contribution in [0.1, 0.15) is 24.9 Å². The fraction of sp³-hybridized carbons (Fsp3) is 0.600. The standard InChI is InChI=1S/C10H18N4OS/c1-7(8-5-12-13-6-8)14-10(15)9(11)3-4-16-2/h5-7,9H,3-4,11H2,1-2H3,(H,12,13)(H,14,15). The lowest BCUT2D eigenvalue weighted by Crippen LogP contribution is -2.41. The quantitative estimate of drug-likeness (QED) is 0.684. The van der Waals surface area contributed by atoms with E-state index in [0.717, 1.165) is 11.3 Å². The average molecular weight is 242 g/mol. The molecule has 0 aromatic carbocycles. The maximum absolute atomic E-state index is 11.7. The number of thioether (sulfide) groups is 1. The van der Waals surface area contributed by atoms with Gasteiger partial charge in [-0.1, -0.05) is 0 Å². The molecule has 0 aliphatic carbocycles. The zero-order chi connectivity index (χ0) is 12.0. The molecule has 0 saturated heterocycles. The number of nitrogens with zero attached hydrogens (tertiary/aromatic N) is 1. The van der Waals surface area contributed by atoms with Crippen molar-refractivity contribution in [1.82, 2.24) is 15.5 Å². The highest BCUT2D eigenvalue weighted by Gasteiger charge is 2.16. The Morgan fingerprint density at radius 3 is 3.06 bits per heavy atom. The largest absolute Gasteiger partial charge is 0.348 e. The Labute approximate surface area is 99.6 Å². The lowest BCUT2D eigenvalue weighted by molar-refractivity contribution is -0.123. The van der Waals surface area contributed by atoms with Crippen LogP contribution >= 0.6 is 11.8 Å². The van der Waals surface area contributed by atoms with Crippen molar-refractivity contribution < 1.29 is 4.79 Å². The number of aromatic nitrogens is 2. The smallest absolute Gasteiger partial charge is 0.237 e. The van der Waals surface area contributed by atoms with E-state index in [1.807, 2.05) is 13.2 Å². The Balaban J connectivity index is 2.39. The number of aromatic amines is 1. The molecule has 6 heteroatoms. The number of nitrogens with one attached hydrogen (secondary N) is 2. The van der Waals surface area contributed by atoms with Gasteiger partial charge >= 0.3 is 0 Å². The van der Waals surface area contributed by atoms with E-state index in [1.165, 1.54) is 0 Å². The van der Waals surface area contributed by atoms with Crippen LogP contribution < -0.4 is 11.1 Å². The molecule has 1 aromatic rings. The van der Waals surface area contributed by atoms with Crippen LogP contribution in [-0.2, 0) is 4.79 Å². The maximum Gasteiger partial charge on any atom is 0.237 e. The summed E-state index contributed by atoms with van der Waals surface area (Å²) < 4.78 is 0. The normalized spacial score (nSPS) is 14.4. The molecule has 90 valence electrons. The molecule has 2 atom stereocenters. The van der Waals surface area contributed by atoms with E-state index in [0.29, 0.717) is 6.42 Å². The van der Waals surface area contributed by atoms with Gasteiger partial charge in [0.05, 0.1) is 18.3 Å². The minimum absolute atomic E-state index is 0.0634. The summed E-state index contributed by atoms with van der Waals surface area (Å²) >= 11 is 1.69. The summed E-state index contributed by atoms with van der Waals surface area (Å²) in [6.07, 6.45) is 6.15. The Kier molecular flexibility index (Phi) is 5.34. The molecule has 0 bridgehead atoms. The molecular formula is C10H18N4OS. The SMILES string of the molecule is CSCCC(N)C(=O)NC(C)c1cn[nH]c1. The van der Waals surface area contributed by atoms with Crippen LogP contribution in [0.15, 0.2) is 12.4 Å². The van der Waals surface area contributed by atoms with E-state index in [2.05, 4.69) is 15.5 Å². The van der Waals surface area contributed by atoms with Gasteiger partial charge in [-0.15, -0.1) is 0 Å². The second kappa shape index (κ2) is 6.55. The minimum Gasteiger partial charge on any atom is -0.348 e. The first-order valence-corrected chi connectivity index (χ1v) is 6.58. The summed E-state index contributed by atoms with van der Waals surface area (Å²) in [6, 6.07) is -0.492. The Morgan fingerprint density at radius 1 is 1.75 bits per heavy atom. The van der Waals surface area contributed by atoms with Gasteiger partial charge in [-0.25, -0.2) is 0 Å². The van der Waals surface area contributed by atoms with Gasteiger partial charge < -0.3 is 11.1 Å². The van der Waals surface area contributed by atoms with Gasteiger partial charge in [0.1, 0.15) is 0 Å². The fourth-order valence-electron chi connectivity index (χ4n) is 1.28. The van der Waals surface area contributed by atoms with E-state index < -0.39 is 6.04 Å². The summed E-state index contributed by atoms with van der Waals surface area (Å²) in [7, 11) is 0.